The topological polar surface area (TPSA) is 214 Å². The Balaban J connectivity index is 1.54. The van der Waals surface area contributed by atoms with Crippen molar-refractivity contribution in [3.63, 3.8) is 0 Å². The third-order valence-electron chi connectivity index (χ3n) is 11.9. The van der Waals surface area contributed by atoms with Crippen LogP contribution >= 0.6 is 0 Å². The minimum absolute atomic E-state index is 0.179. The number of aliphatic hydroxyl groups is 4. The Morgan fingerprint density at radius 1 is 0.554 bits per heavy atom. The van der Waals surface area contributed by atoms with Gasteiger partial charge in [0.25, 0.3) is 0 Å². The van der Waals surface area contributed by atoms with E-state index in [1.807, 2.05) is 6.92 Å². The standard InChI is InChI=1S/C51H60N2O12/c1-30-11-24-37(52-46(58)65-41(31-12-16-33(17-13-31)42(54)48(2,3)60)32-14-18-34(19-15-32)43(55)49(4,5)61)29-40(30)53(47(59)64-10,38-25-20-35(21-26-38)44(56)50(6,7)62)39-27-22-36(23-28-39)45(57)51(8,9)63/h12-23,25-28,30,37,40-41,60-63H,11,24,29H2,1-10H3/p+1. The number of carbonyl (C=O) groups is 6. The van der Waals surface area contributed by atoms with Gasteiger partial charge in [-0.2, -0.15) is 9.28 Å². The highest BCUT2D eigenvalue weighted by Crippen LogP contribution is 2.46. The first kappa shape index (κ1) is 50.1. The predicted molar refractivity (Wildman–Crippen MR) is 244 cm³/mol. The van der Waals surface area contributed by atoms with Crippen LogP contribution in [0.5, 0.6) is 0 Å². The molecule has 0 radical (unpaired) electrons. The molecule has 0 aliphatic heterocycles. The van der Waals surface area contributed by atoms with E-state index in [-0.39, 0.29) is 34.6 Å². The molecule has 65 heavy (non-hydrogen) atoms. The number of quaternary nitrogens is 1. The van der Waals surface area contributed by atoms with Crippen LogP contribution in [0.15, 0.2) is 97.1 Å². The predicted octanol–water partition coefficient (Wildman–Crippen LogP) is 7.98. The molecule has 1 fully saturated rings. The van der Waals surface area contributed by atoms with Crippen LogP contribution in [-0.2, 0) is 9.47 Å². The van der Waals surface area contributed by atoms with Crippen molar-refractivity contribution in [2.45, 2.75) is 122 Å². The van der Waals surface area contributed by atoms with Gasteiger partial charge in [0, 0.05) is 64.9 Å². The Morgan fingerprint density at radius 3 is 1.18 bits per heavy atom. The molecular formula is C51H61N2O12+. The van der Waals surface area contributed by atoms with Crippen molar-refractivity contribution in [2.75, 3.05) is 7.11 Å². The molecule has 3 unspecified atom stereocenters. The molecular weight excluding hydrogens is 833 g/mol. The van der Waals surface area contributed by atoms with Crippen LogP contribution < -0.4 is 9.80 Å². The molecule has 5 N–H and O–H groups in total. The van der Waals surface area contributed by atoms with E-state index >= 15 is 0 Å². The van der Waals surface area contributed by atoms with Crippen molar-refractivity contribution < 1.29 is 58.7 Å². The average Bonchev–Trinajstić information content (AvgIpc) is 3.25. The van der Waals surface area contributed by atoms with Crippen molar-refractivity contribution >= 4 is 46.7 Å². The van der Waals surface area contributed by atoms with E-state index in [1.54, 1.807) is 48.5 Å². The van der Waals surface area contributed by atoms with Gasteiger partial charge in [0.2, 0.25) is 0 Å². The zero-order valence-electron chi connectivity index (χ0n) is 38.7. The molecule has 14 nitrogen and oxygen atoms in total. The van der Waals surface area contributed by atoms with Crippen LogP contribution in [0.1, 0.15) is 140 Å². The summed E-state index contributed by atoms with van der Waals surface area (Å²) in [6.07, 6.45) is -1.29. The van der Waals surface area contributed by atoms with Gasteiger partial charge in [-0.25, -0.2) is 4.79 Å². The molecule has 4 aromatic carbocycles. The SMILES string of the molecule is COC(=O)[N+](c1ccc(C(=O)C(C)(C)O)cc1)(c1ccc(C(=O)C(C)(C)O)cc1)C1CC(NC(=O)OC(c2ccc(C(=O)C(C)(C)O)cc2)c2ccc(C(=O)C(C)(C)O)cc2)CCC1C. The zero-order valence-corrected chi connectivity index (χ0v) is 38.7. The van der Waals surface area contributed by atoms with Crippen molar-refractivity contribution in [1.29, 1.82) is 0 Å². The molecule has 346 valence electrons. The third kappa shape index (κ3) is 11.0. The maximum atomic E-state index is 14.6. The number of rotatable bonds is 15. The van der Waals surface area contributed by atoms with Crippen molar-refractivity contribution in [3.8, 4) is 0 Å². The lowest BCUT2D eigenvalue weighted by atomic mass is 9.79. The normalized spacial score (nSPS) is 17.2. The summed E-state index contributed by atoms with van der Waals surface area (Å²) in [6.45, 7) is 13.1. The zero-order chi connectivity index (χ0) is 48.4. The monoisotopic (exact) mass is 893 g/mol. The fraction of sp³-hybridized carbons (Fsp3) is 0.412. The summed E-state index contributed by atoms with van der Waals surface area (Å²) >= 11 is 0. The number of nitrogens with one attached hydrogen (secondary N) is 1. The molecule has 14 heteroatoms. The number of Topliss-reactive ketones (excluding diaryl/α,β-unsaturated/α-hetero) is 4. The molecule has 1 aliphatic carbocycles. The highest BCUT2D eigenvalue weighted by Gasteiger charge is 2.54. The van der Waals surface area contributed by atoms with Crippen molar-refractivity contribution in [2.24, 2.45) is 5.92 Å². The lowest BCUT2D eigenvalue weighted by Gasteiger charge is -2.46. The van der Waals surface area contributed by atoms with Gasteiger partial charge >= 0.3 is 12.2 Å². The molecule has 4 aromatic rings. The number of benzene rings is 4. The van der Waals surface area contributed by atoms with E-state index in [9.17, 15) is 49.2 Å². The van der Waals surface area contributed by atoms with Crippen LogP contribution in [-0.4, -0.2) is 97.3 Å². The highest BCUT2D eigenvalue weighted by atomic mass is 16.6. The summed E-state index contributed by atoms with van der Waals surface area (Å²) in [5.74, 6) is -2.25. The Kier molecular flexibility index (Phi) is 14.6. The van der Waals surface area contributed by atoms with E-state index in [0.29, 0.717) is 35.3 Å². The minimum Gasteiger partial charge on any atom is -0.436 e. The summed E-state index contributed by atoms with van der Waals surface area (Å²) in [5, 5.41) is 44.6. The fourth-order valence-electron chi connectivity index (χ4n) is 8.35. The molecule has 5 rings (SSSR count). The van der Waals surface area contributed by atoms with E-state index < -0.39 is 80.4 Å². The quantitative estimate of drug-likeness (QED) is 0.0568. The molecule has 0 bridgehead atoms. The van der Waals surface area contributed by atoms with Gasteiger partial charge in [-0.3, -0.25) is 19.2 Å². The number of ether oxygens (including phenoxy) is 2. The Morgan fingerprint density at radius 2 is 0.877 bits per heavy atom. The Bertz CT molecular complexity index is 2260. The number of carbonyl (C=O) groups excluding carboxylic acids is 6. The molecule has 0 aromatic heterocycles. The van der Waals surface area contributed by atoms with Crippen LogP contribution in [0.4, 0.5) is 21.0 Å². The molecule has 1 aliphatic rings. The highest BCUT2D eigenvalue weighted by molar-refractivity contribution is 6.04. The lowest BCUT2D eigenvalue weighted by molar-refractivity contribution is 0.0487. The van der Waals surface area contributed by atoms with Crippen LogP contribution in [0.3, 0.4) is 0 Å². The van der Waals surface area contributed by atoms with Crippen molar-refractivity contribution in [1.82, 2.24) is 9.80 Å². The maximum absolute atomic E-state index is 14.6. The Labute approximate surface area is 379 Å². The van der Waals surface area contributed by atoms with Crippen LogP contribution in [0.2, 0.25) is 0 Å². The van der Waals surface area contributed by atoms with Gasteiger partial charge in [0.1, 0.15) is 39.8 Å². The average molecular weight is 894 g/mol. The molecule has 2 amide bonds. The molecule has 0 spiro atoms. The van der Waals surface area contributed by atoms with Gasteiger partial charge in [-0.05, 0) is 104 Å². The second-order valence-corrected chi connectivity index (χ2v) is 19.1. The summed E-state index contributed by atoms with van der Waals surface area (Å²) in [6, 6.07) is 23.9. The van der Waals surface area contributed by atoms with Gasteiger partial charge in [0.05, 0.1) is 7.11 Å². The van der Waals surface area contributed by atoms with E-state index in [4.69, 9.17) is 9.47 Å². The van der Waals surface area contributed by atoms with Gasteiger partial charge in [0.15, 0.2) is 29.2 Å². The third-order valence-corrected chi connectivity index (χ3v) is 11.9. The van der Waals surface area contributed by atoms with Gasteiger partial charge in [-0.1, -0.05) is 55.5 Å². The number of amides is 2. The van der Waals surface area contributed by atoms with E-state index in [0.717, 1.165) is 0 Å². The number of hydrogen-bond acceptors (Lipinski definition) is 12. The summed E-state index contributed by atoms with van der Waals surface area (Å²) in [5.41, 5.74) is -3.92. The summed E-state index contributed by atoms with van der Waals surface area (Å²) in [4.78, 5) is 80.6. The molecule has 0 heterocycles. The smallest absolute Gasteiger partial charge is 0.436 e. The molecule has 1 saturated carbocycles. The maximum Gasteiger partial charge on any atom is 0.526 e. The number of nitrogens with zero attached hydrogens (tertiary/aromatic N) is 1. The first-order chi connectivity index (χ1) is 30.1. The summed E-state index contributed by atoms with van der Waals surface area (Å²) < 4.78 is 11.2. The van der Waals surface area contributed by atoms with E-state index in [2.05, 4.69) is 5.32 Å². The van der Waals surface area contributed by atoms with E-state index in [1.165, 1.54) is 111 Å². The first-order valence-electron chi connectivity index (χ1n) is 21.5. The number of methoxy groups -OCH3 is 1. The van der Waals surface area contributed by atoms with Gasteiger partial charge < -0.3 is 35.2 Å². The number of hydrogen-bond donors (Lipinski definition) is 5. The number of ketones is 4. The second kappa shape index (κ2) is 18.9. The largest absolute Gasteiger partial charge is 0.526 e. The summed E-state index contributed by atoms with van der Waals surface area (Å²) in [7, 11) is 1.26. The van der Waals surface area contributed by atoms with Gasteiger partial charge in [-0.15, -0.1) is 0 Å². The first-order valence-corrected chi connectivity index (χ1v) is 21.5. The second-order valence-electron chi connectivity index (χ2n) is 19.1. The number of alkyl carbamates (subject to hydrolysis) is 1. The fourth-order valence-corrected chi connectivity index (χ4v) is 8.35. The van der Waals surface area contributed by atoms with Crippen molar-refractivity contribution in [3.05, 3.63) is 130 Å². The van der Waals surface area contributed by atoms with Crippen LogP contribution in [0.25, 0.3) is 0 Å². The molecule has 3 atom stereocenters. The molecule has 0 saturated heterocycles. The lowest BCUT2D eigenvalue weighted by Crippen LogP contribution is -2.62. The minimum atomic E-state index is -1.66. The Hall–Kier alpha value is -5.90. The van der Waals surface area contributed by atoms with Crippen LogP contribution in [0, 0.1) is 5.92 Å².